The van der Waals surface area contributed by atoms with Crippen molar-refractivity contribution in [2.24, 2.45) is 0 Å². The van der Waals surface area contributed by atoms with Gasteiger partial charge in [-0.2, -0.15) is 0 Å². The van der Waals surface area contributed by atoms with Crippen LogP contribution in [-0.2, 0) is 14.3 Å². The average Bonchev–Trinajstić information content (AvgIpc) is 3.13. The first-order chi connectivity index (χ1) is 12.5. The minimum atomic E-state index is -0.420. The fourth-order valence-corrected chi connectivity index (χ4v) is 2.97. The lowest BCUT2D eigenvalue weighted by molar-refractivity contribution is -0.148. The number of ether oxygens (including phenoxy) is 1. The van der Waals surface area contributed by atoms with Gasteiger partial charge in [-0.15, -0.1) is 11.3 Å². The molecule has 6 nitrogen and oxygen atoms in total. The second-order valence-corrected chi connectivity index (χ2v) is 6.72. The fraction of sp³-hybridized carbons (Fsp3) is 0.316. The summed E-state index contributed by atoms with van der Waals surface area (Å²) in [6, 6.07) is 10.8. The summed E-state index contributed by atoms with van der Waals surface area (Å²) in [7, 11) is 0. The van der Waals surface area contributed by atoms with Crippen molar-refractivity contribution in [2.75, 3.05) is 11.9 Å². The van der Waals surface area contributed by atoms with Gasteiger partial charge in [-0.25, -0.2) is 0 Å². The number of anilines is 1. The van der Waals surface area contributed by atoms with E-state index < -0.39 is 6.10 Å². The highest BCUT2D eigenvalue weighted by molar-refractivity contribution is 7.12. The number of hydrogen-bond acceptors (Lipinski definition) is 5. The average molecular weight is 374 g/mol. The Bertz CT molecular complexity index is 759. The van der Waals surface area contributed by atoms with Crippen molar-refractivity contribution in [3.05, 3.63) is 52.2 Å². The van der Waals surface area contributed by atoms with Gasteiger partial charge in [0.25, 0.3) is 5.91 Å². The van der Waals surface area contributed by atoms with Gasteiger partial charge in [0.1, 0.15) is 6.10 Å². The number of amides is 2. The van der Waals surface area contributed by atoms with E-state index in [-0.39, 0.29) is 24.2 Å². The molecule has 1 aromatic carbocycles. The first-order valence-electron chi connectivity index (χ1n) is 8.34. The van der Waals surface area contributed by atoms with Crippen LogP contribution >= 0.6 is 11.3 Å². The van der Waals surface area contributed by atoms with Gasteiger partial charge in [0.05, 0.1) is 4.88 Å². The number of thiophene rings is 1. The molecule has 1 heterocycles. The number of nitrogens with one attached hydrogen (secondary N) is 2. The van der Waals surface area contributed by atoms with Crippen LogP contribution < -0.4 is 10.6 Å². The first kappa shape index (κ1) is 19.7. The van der Waals surface area contributed by atoms with Crippen LogP contribution in [0, 0.1) is 0 Å². The highest BCUT2D eigenvalue weighted by Gasteiger charge is 2.13. The summed E-state index contributed by atoms with van der Waals surface area (Å²) in [5, 5.41) is 7.32. The van der Waals surface area contributed by atoms with E-state index in [1.165, 1.54) is 18.3 Å². The summed E-state index contributed by atoms with van der Waals surface area (Å²) in [6.07, 6.45) is 0.312. The molecule has 0 saturated carbocycles. The molecule has 0 radical (unpaired) electrons. The van der Waals surface area contributed by atoms with Gasteiger partial charge in [0.2, 0.25) is 5.91 Å². The molecule has 0 spiro atoms. The maximum absolute atomic E-state index is 12.0. The molecular weight excluding hydrogens is 352 g/mol. The molecule has 26 heavy (non-hydrogen) atoms. The van der Waals surface area contributed by atoms with Crippen LogP contribution in [0.2, 0.25) is 0 Å². The Morgan fingerprint density at radius 1 is 1.19 bits per heavy atom. The van der Waals surface area contributed by atoms with Crippen molar-refractivity contribution in [3.8, 4) is 0 Å². The van der Waals surface area contributed by atoms with Crippen molar-refractivity contribution >= 4 is 34.8 Å². The molecular formula is C19H22N2O4S. The maximum Gasteiger partial charge on any atom is 0.306 e. The molecule has 0 aliphatic carbocycles. The lowest BCUT2D eigenvalue weighted by atomic mass is 10.1. The molecule has 2 amide bonds. The lowest BCUT2D eigenvalue weighted by Gasteiger charge is -2.15. The van der Waals surface area contributed by atoms with E-state index in [1.54, 1.807) is 31.2 Å². The molecule has 0 aliphatic rings. The topological polar surface area (TPSA) is 84.5 Å². The number of esters is 1. The van der Waals surface area contributed by atoms with Crippen LogP contribution in [0.5, 0.6) is 0 Å². The highest BCUT2D eigenvalue weighted by Crippen LogP contribution is 2.21. The quantitative estimate of drug-likeness (QED) is 0.547. The monoisotopic (exact) mass is 374 g/mol. The third kappa shape index (κ3) is 6.33. The highest BCUT2D eigenvalue weighted by atomic mass is 32.1. The molecule has 0 saturated heterocycles. The van der Waals surface area contributed by atoms with Crippen LogP contribution in [0.1, 0.15) is 48.0 Å². The van der Waals surface area contributed by atoms with Crippen molar-refractivity contribution in [1.82, 2.24) is 5.32 Å². The zero-order valence-corrected chi connectivity index (χ0v) is 15.6. The van der Waals surface area contributed by atoms with Crippen LogP contribution in [0.4, 0.5) is 5.69 Å². The fourth-order valence-electron chi connectivity index (χ4n) is 2.33. The molecule has 1 atom stereocenters. The molecule has 2 aromatic rings. The molecule has 2 N–H and O–H groups in total. The number of benzene rings is 1. The zero-order valence-electron chi connectivity index (χ0n) is 14.8. The van der Waals surface area contributed by atoms with Crippen molar-refractivity contribution < 1.29 is 19.1 Å². The molecule has 1 unspecified atom stereocenters. The Hall–Kier alpha value is -2.67. The van der Waals surface area contributed by atoms with E-state index >= 15 is 0 Å². The van der Waals surface area contributed by atoms with Gasteiger partial charge in [-0.05, 0) is 42.5 Å². The summed E-state index contributed by atoms with van der Waals surface area (Å²) < 4.78 is 5.41. The van der Waals surface area contributed by atoms with Crippen molar-refractivity contribution in [3.63, 3.8) is 0 Å². The lowest BCUT2D eigenvalue weighted by Crippen LogP contribution is -2.24. The van der Waals surface area contributed by atoms with E-state index in [1.807, 2.05) is 17.5 Å². The molecule has 7 heteroatoms. The van der Waals surface area contributed by atoms with Gasteiger partial charge in [-0.1, -0.05) is 18.2 Å². The van der Waals surface area contributed by atoms with Gasteiger partial charge in [-0.3, -0.25) is 14.4 Å². The second kappa shape index (κ2) is 9.72. The molecule has 138 valence electrons. The van der Waals surface area contributed by atoms with E-state index in [0.29, 0.717) is 23.5 Å². The van der Waals surface area contributed by atoms with Crippen molar-refractivity contribution in [2.45, 2.75) is 32.8 Å². The van der Waals surface area contributed by atoms with E-state index in [9.17, 15) is 14.4 Å². The van der Waals surface area contributed by atoms with Crippen LogP contribution in [0.3, 0.4) is 0 Å². The Morgan fingerprint density at radius 2 is 2.00 bits per heavy atom. The Balaban J connectivity index is 1.73. The summed E-state index contributed by atoms with van der Waals surface area (Å²) in [4.78, 5) is 35.5. The smallest absolute Gasteiger partial charge is 0.306 e. The minimum absolute atomic E-state index is 0.128. The normalized spacial score (nSPS) is 11.5. The van der Waals surface area contributed by atoms with Gasteiger partial charge < -0.3 is 15.4 Å². The zero-order chi connectivity index (χ0) is 18.9. The Kier molecular flexibility index (Phi) is 7.35. The third-order valence-corrected chi connectivity index (χ3v) is 4.44. The van der Waals surface area contributed by atoms with Gasteiger partial charge in [0, 0.05) is 25.6 Å². The van der Waals surface area contributed by atoms with Gasteiger partial charge >= 0.3 is 5.97 Å². The van der Waals surface area contributed by atoms with Crippen LogP contribution in [-0.4, -0.2) is 24.3 Å². The second-order valence-electron chi connectivity index (χ2n) is 5.78. The van der Waals surface area contributed by atoms with Crippen LogP contribution in [0.15, 0.2) is 41.8 Å². The van der Waals surface area contributed by atoms with E-state index in [0.717, 1.165) is 5.56 Å². The summed E-state index contributed by atoms with van der Waals surface area (Å²) in [5.41, 5.74) is 1.46. The SMILES string of the molecule is CC(=O)Nc1cccc(C(C)OC(=O)CCCNC(=O)c2cccs2)c1. The van der Waals surface area contributed by atoms with E-state index in [4.69, 9.17) is 4.74 Å². The number of carbonyl (C=O) groups excluding carboxylic acids is 3. The first-order valence-corrected chi connectivity index (χ1v) is 9.22. The number of rotatable bonds is 8. The molecule has 1 aromatic heterocycles. The molecule has 0 bridgehead atoms. The van der Waals surface area contributed by atoms with Crippen molar-refractivity contribution in [1.29, 1.82) is 0 Å². The van der Waals surface area contributed by atoms with Crippen LogP contribution in [0.25, 0.3) is 0 Å². The number of carbonyl (C=O) groups is 3. The van der Waals surface area contributed by atoms with Gasteiger partial charge in [0.15, 0.2) is 0 Å². The Labute approximate surface area is 156 Å². The molecule has 2 rings (SSSR count). The summed E-state index contributed by atoms with van der Waals surface area (Å²) >= 11 is 1.38. The van der Waals surface area contributed by atoms with E-state index in [2.05, 4.69) is 10.6 Å². The predicted octanol–water partition coefficient (Wildman–Crippen LogP) is 3.52. The number of hydrogen-bond donors (Lipinski definition) is 2. The predicted molar refractivity (Wildman–Crippen MR) is 101 cm³/mol. The largest absolute Gasteiger partial charge is 0.458 e. The third-order valence-electron chi connectivity index (χ3n) is 3.57. The summed E-state index contributed by atoms with van der Waals surface area (Å²) in [6.45, 7) is 3.63. The molecule has 0 aliphatic heterocycles. The Morgan fingerprint density at radius 3 is 2.69 bits per heavy atom. The standard InChI is InChI=1S/C19H22N2O4S/c1-13(15-6-3-7-16(12-15)21-14(2)22)25-18(23)9-4-10-20-19(24)17-8-5-11-26-17/h3,5-8,11-13H,4,9-10H2,1-2H3,(H,20,24)(H,21,22). The molecule has 0 fully saturated rings. The summed E-state index contributed by atoms with van der Waals surface area (Å²) in [5.74, 6) is -0.610. The maximum atomic E-state index is 12.0. The minimum Gasteiger partial charge on any atom is -0.458 e.